The highest BCUT2D eigenvalue weighted by atomic mass is 19.1. The first-order valence-electron chi connectivity index (χ1n) is 10.5. The quantitative estimate of drug-likeness (QED) is 0.690. The summed E-state index contributed by atoms with van der Waals surface area (Å²) < 4.78 is 14.1. The van der Waals surface area contributed by atoms with E-state index in [0.29, 0.717) is 6.54 Å². The normalized spacial score (nSPS) is 22.3. The number of rotatable bonds is 4. The molecule has 7 heteroatoms. The van der Waals surface area contributed by atoms with Gasteiger partial charge in [-0.1, -0.05) is 42.5 Å². The highest BCUT2D eigenvalue weighted by molar-refractivity contribution is 5.97. The van der Waals surface area contributed by atoms with Crippen molar-refractivity contribution in [3.8, 4) is 11.1 Å². The molecule has 0 saturated carbocycles. The maximum Gasteiger partial charge on any atom is 0.257 e. The van der Waals surface area contributed by atoms with Crippen LogP contribution < -0.4 is 0 Å². The number of amides is 2. The molecule has 2 aromatic carbocycles. The Morgan fingerprint density at radius 3 is 2.53 bits per heavy atom. The second-order valence-corrected chi connectivity index (χ2v) is 8.17. The zero-order valence-electron chi connectivity index (χ0n) is 17.3. The van der Waals surface area contributed by atoms with Gasteiger partial charge in [-0.15, -0.1) is 0 Å². The molecule has 6 nitrogen and oxygen atoms in total. The molecule has 2 amide bonds. The van der Waals surface area contributed by atoms with Crippen molar-refractivity contribution >= 4 is 11.8 Å². The number of aliphatic hydroxyl groups is 1. The van der Waals surface area contributed by atoms with Gasteiger partial charge in [0, 0.05) is 24.9 Å². The molecule has 0 spiro atoms. The van der Waals surface area contributed by atoms with Gasteiger partial charge in [-0.3, -0.25) is 14.6 Å². The number of hydrogen-bond acceptors (Lipinski definition) is 4. The monoisotopic (exact) mass is 431 g/mol. The van der Waals surface area contributed by atoms with Crippen molar-refractivity contribution in [2.75, 3.05) is 19.7 Å². The molecule has 2 aliphatic rings. The van der Waals surface area contributed by atoms with E-state index >= 15 is 0 Å². The van der Waals surface area contributed by atoms with Gasteiger partial charge < -0.3 is 14.9 Å². The van der Waals surface area contributed by atoms with Crippen LogP contribution in [0.4, 0.5) is 4.39 Å². The molecule has 32 heavy (non-hydrogen) atoms. The minimum atomic E-state index is -0.600. The summed E-state index contributed by atoms with van der Waals surface area (Å²) in [5.41, 5.74) is 2.98. The van der Waals surface area contributed by atoms with E-state index in [4.69, 9.17) is 0 Å². The van der Waals surface area contributed by atoms with Crippen LogP contribution in [0.25, 0.3) is 11.1 Å². The van der Waals surface area contributed by atoms with Crippen molar-refractivity contribution in [2.24, 2.45) is 0 Å². The van der Waals surface area contributed by atoms with Gasteiger partial charge in [0.2, 0.25) is 5.91 Å². The van der Waals surface area contributed by atoms with Crippen LogP contribution >= 0.6 is 0 Å². The number of nitrogens with zero attached hydrogens (tertiary/aromatic N) is 3. The SMILES string of the molecule is O=C(c1ccccc1F)N1CC(=O)N2[C@H](CO)[C@@H](c3ccc(-c4cccnc4)cc3)[C@H]2C1. The van der Waals surface area contributed by atoms with Crippen molar-refractivity contribution in [3.63, 3.8) is 0 Å². The zero-order chi connectivity index (χ0) is 22.2. The minimum Gasteiger partial charge on any atom is -0.394 e. The number of benzene rings is 2. The number of aliphatic hydroxyl groups excluding tert-OH is 1. The second kappa shape index (κ2) is 8.16. The van der Waals surface area contributed by atoms with Gasteiger partial charge in [-0.25, -0.2) is 4.39 Å². The van der Waals surface area contributed by atoms with Crippen LogP contribution in [0.1, 0.15) is 21.8 Å². The van der Waals surface area contributed by atoms with Gasteiger partial charge in [0.25, 0.3) is 5.91 Å². The van der Waals surface area contributed by atoms with Crippen molar-refractivity contribution in [3.05, 3.63) is 90.0 Å². The number of hydrogen-bond donors (Lipinski definition) is 1. The van der Waals surface area contributed by atoms with Crippen molar-refractivity contribution in [1.29, 1.82) is 0 Å². The molecule has 2 aliphatic heterocycles. The van der Waals surface area contributed by atoms with Crippen LogP contribution in [0, 0.1) is 5.82 Å². The fourth-order valence-corrected chi connectivity index (χ4v) is 4.89. The summed E-state index contributed by atoms with van der Waals surface area (Å²) in [6.07, 6.45) is 3.52. The van der Waals surface area contributed by atoms with E-state index in [1.165, 1.54) is 23.1 Å². The highest BCUT2D eigenvalue weighted by Crippen LogP contribution is 2.43. The smallest absolute Gasteiger partial charge is 0.257 e. The third kappa shape index (κ3) is 3.35. The van der Waals surface area contributed by atoms with Crippen molar-refractivity contribution in [1.82, 2.24) is 14.8 Å². The summed E-state index contributed by atoms with van der Waals surface area (Å²) in [6.45, 7) is 0.0236. The summed E-state index contributed by atoms with van der Waals surface area (Å²) in [4.78, 5) is 32.9. The van der Waals surface area contributed by atoms with Crippen LogP contribution in [0.5, 0.6) is 0 Å². The molecule has 5 rings (SSSR count). The van der Waals surface area contributed by atoms with Crippen LogP contribution in [0.2, 0.25) is 0 Å². The Hall–Kier alpha value is -3.58. The number of fused-ring (bicyclic) bond motifs is 1. The summed E-state index contributed by atoms with van der Waals surface area (Å²) in [6, 6.07) is 17.1. The molecule has 0 aliphatic carbocycles. The third-order valence-electron chi connectivity index (χ3n) is 6.43. The van der Waals surface area contributed by atoms with E-state index in [-0.39, 0.29) is 42.6 Å². The predicted octanol–water partition coefficient (Wildman–Crippen LogP) is 2.70. The molecule has 0 unspecified atom stereocenters. The van der Waals surface area contributed by atoms with Crippen LogP contribution in [-0.2, 0) is 4.79 Å². The van der Waals surface area contributed by atoms with Gasteiger partial charge in [-0.2, -0.15) is 0 Å². The molecule has 3 heterocycles. The Morgan fingerprint density at radius 2 is 1.84 bits per heavy atom. The van der Waals surface area contributed by atoms with Gasteiger partial charge in [0.05, 0.1) is 24.3 Å². The molecule has 2 saturated heterocycles. The predicted molar refractivity (Wildman–Crippen MR) is 116 cm³/mol. The average molecular weight is 431 g/mol. The number of carbonyl (C=O) groups excluding carboxylic acids is 2. The maximum atomic E-state index is 14.1. The summed E-state index contributed by atoms with van der Waals surface area (Å²) in [5, 5.41) is 9.96. The summed E-state index contributed by atoms with van der Waals surface area (Å²) >= 11 is 0. The molecule has 2 fully saturated rings. The summed E-state index contributed by atoms with van der Waals surface area (Å²) in [7, 11) is 0. The molecule has 0 bridgehead atoms. The molecular weight excluding hydrogens is 409 g/mol. The van der Waals surface area contributed by atoms with Gasteiger partial charge in [0.15, 0.2) is 0 Å². The lowest BCUT2D eigenvalue weighted by Crippen LogP contribution is -2.73. The third-order valence-corrected chi connectivity index (χ3v) is 6.43. The maximum absolute atomic E-state index is 14.1. The Bertz CT molecular complexity index is 1150. The topological polar surface area (TPSA) is 73.7 Å². The van der Waals surface area contributed by atoms with E-state index in [0.717, 1.165) is 16.7 Å². The molecule has 162 valence electrons. The Labute approximate surface area is 184 Å². The van der Waals surface area contributed by atoms with E-state index in [1.807, 2.05) is 36.4 Å². The highest BCUT2D eigenvalue weighted by Gasteiger charge is 2.54. The van der Waals surface area contributed by atoms with Crippen molar-refractivity contribution in [2.45, 2.75) is 18.0 Å². The molecular formula is C25H22FN3O3. The number of piperazine rings is 1. The van der Waals surface area contributed by atoms with Crippen molar-refractivity contribution < 1.29 is 19.1 Å². The largest absolute Gasteiger partial charge is 0.394 e. The van der Waals surface area contributed by atoms with Gasteiger partial charge in [0.1, 0.15) is 12.4 Å². The van der Waals surface area contributed by atoms with E-state index in [9.17, 15) is 19.1 Å². The molecule has 3 aromatic rings. The number of pyridine rings is 1. The van der Waals surface area contributed by atoms with Gasteiger partial charge >= 0.3 is 0 Å². The number of halogens is 1. The minimum absolute atomic E-state index is 0.0378. The molecule has 1 aromatic heterocycles. The lowest BCUT2D eigenvalue weighted by molar-refractivity contribution is -0.159. The van der Waals surface area contributed by atoms with Gasteiger partial charge in [-0.05, 0) is 34.9 Å². The first kappa shape index (κ1) is 20.3. The summed E-state index contributed by atoms with van der Waals surface area (Å²) in [5.74, 6) is -1.43. The molecule has 0 radical (unpaired) electrons. The average Bonchev–Trinajstić information content (AvgIpc) is 2.81. The Kier molecular flexibility index (Phi) is 5.19. The number of carbonyl (C=O) groups is 2. The Morgan fingerprint density at radius 1 is 1.06 bits per heavy atom. The standard InChI is InChI=1S/C25H22FN3O3/c26-20-6-2-1-5-19(20)25(32)28-13-21-24(22(15-30)29(21)23(31)14-28)17-9-7-16(8-10-17)18-4-3-11-27-12-18/h1-12,21-22,24,30H,13-15H2/t21-,22-,24+/m1/s1. The zero-order valence-corrected chi connectivity index (χ0v) is 17.3. The second-order valence-electron chi connectivity index (χ2n) is 8.17. The van der Waals surface area contributed by atoms with Crippen LogP contribution in [0.3, 0.4) is 0 Å². The first-order chi connectivity index (χ1) is 15.6. The van der Waals surface area contributed by atoms with E-state index in [1.54, 1.807) is 23.4 Å². The lowest BCUT2D eigenvalue weighted by Gasteiger charge is -2.58. The molecule has 3 atom stereocenters. The molecule has 1 N–H and O–H groups in total. The lowest BCUT2D eigenvalue weighted by atomic mass is 9.73. The number of aromatic nitrogens is 1. The van der Waals surface area contributed by atoms with Crippen LogP contribution in [0.15, 0.2) is 73.1 Å². The fraction of sp³-hybridized carbons (Fsp3) is 0.240. The van der Waals surface area contributed by atoms with Crippen LogP contribution in [-0.4, -0.2) is 63.5 Å². The van der Waals surface area contributed by atoms with E-state index in [2.05, 4.69) is 4.98 Å². The Balaban J connectivity index is 1.40. The first-order valence-corrected chi connectivity index (χ1v) is 10.5. The van der Waals surface area contributed by atoms with E-state index < -0.39 is 11.7 Å². The fourth-order valence-electron chi connectivity index (χ4n) is 4.89.